The summed E-state index contributed by atoms with van der Waals surface area (Å²) in [4.78, 5) is 24.3. The van der Waals surface area contributed by atoms with Gasteiger partial charge in [0.15, 0.2) is 0 Å². The van der Waals surface area contributed by atoms with Gasteiger partial charge in [-0.05, 0) is 19.9 Å². The van der Waals surface area contributed by atoms with Gasteiger partial charge in [-0.3, -0.25) is 4.79 Å². The van der Waals surface area contributed by atoms with Gasteiger partial charge in [-0.15, -0.1) is 0 Å². The highest BCUT2D eigenvalue weighted by Gasteiger charge is 2.34. The van der Waals surface area contributed by atoms with E-state index in [1.165, 1.54) is 0 Å². The Balaban J connectivity index is 2.38. The van der Waals surface area contributed by atoms with E-state index in [4.69, 9.17) is 5.11 Å². The van der Waals surface area contributed by atoms with Crippen LogP contribution in [0.2, 0.25) is 0 Å². The number of aliphatic carboxylic acids is 1. The third-order valence-electron chi connectivity index (χ3n) is 2.89. The summed E-state index contributed by atoms with van der Waals surface area (Å²) >= 11 is 0. The van der Waals surface area contributed by atoms with Crippen molar-refractivity contribution in [3.05, 3.63) is 0 Å². The van der Waals surface area contributed by atoms with Gasteiger partial charge in [-0.25, -0.2) is 4.79 Å². The summed E-state index contributed by atoms with van der Waals surface area (Å²) in [7, 11) is 1.87. The van der Waals surface area contributed by atoms with Crippen molar-refractivity contribution in [1.82, 2.24) is 15.1 Å². The predicted octanol–water partition coefficient (Wildman–Crippen LogP) is 0.739. The Bertz CT molecular complexity index is 359. The van der Waals surface area contributed by atoms with Gasteiger partial charge in [0, 0.05) is 19.1 Å². The van der Waals surface area contributed by atoms with Crippen molar-refractivity contribution in [2.45, 2.75) is 25.1 Å². The number of carbonyl (C=O) groups excluding carboxylic acids is 1. The monoisotopic (exact) mass is 297 g/mol. The Hall–Kier alpha value is -1.51. The number of urea groups is 1. The highest BCUT2D eigenvalue weighted by atomic mass is 19.4. The molecule has 20 heavy (non-hydrogen) atoms. The fourth-order valence-electron chi connectivity index (χ4n) is 1.73. The summed E-state index contributed by atoms with van der Waals surface area (Å²) in [5.74, 6) is -1.49. The highest BCUT2D eigenvalue weighted by molar-refractivity contribution is 5.80. The molecule has 1 aliphatic carbocycles. The summed E-state index contributed by atoms with van der Waals surface area (Å²) in [6.07, 6.45) is -2.45. The summed E-state index contributed by atoms with van der Waals surface area (Å²) < 4.78 is 36.8. The number of nitrogens with one attached hydrogen (secondary N) is 1. The largest absolute Gasteiger partial charge is 0.480 e. The number of hydrogen-bond donors (Lipinski definition) is 2. The lowest BCUT2D eigenvalue weighted by Crippen LogP contribution is -2.48. The van der Waals surface area contributed by atoms with Crippen LogP contribution in [0.5, 0.6) is 0 Å². The SMILES string of the molecule is CN(CCNC(=O)N(CC(=O)O)CC(F)(F)F)C1CC1. The first kappa shape index (κ1) is 16.5. The van der Waals surface area contributed by atoms with Crippen LogP contribution in [-0.4, -0.2) is 72.4 Å². The number of rotatable bonds is 7. The van der Waals surface area contributed by atoms with Gasteiger partial charge in [0.2, 0.25) is 0 Å². The third kappa shape index (κ3) is 6.60. The van der Waals surface area contributed by atoms with Gasteiger partial charge in [0.1, 0.15) is 13.1 Å². The fourth-order valence-corrected chi connectivity index (χ4v) is 1.73. The lowest BCUT2D eigenvalue weighted by molar-refractivity contribution is -0.148. The minimum atomic E-state index is -4.63. The Morgan fingerprint density at radius 2 is 1.95 bits per heavy atom. The predicted molar refractivity (Wildman–Crippen MR) is 64.3 cm³/mol. The van der Waals surface area contributed by atoms with E-state index >= 15 is 0 Å². The van der Waals surface area contributed by atoms with Crippen LogP contribution < -0.4 is 5.32 Å². The molecule has 0 aliphatic heterocycles. The van der Waals surface area contributed by atoms with E-state index in [-0.39, 0.29) is 11.4 Å². The maximum atomic E-state index is 12.3. The van der Waals surface area contributed by atoms with E-state index in [9.17, 15) is 22.8 Å². The van der Waals surface area contributed by atoms with E-state index in [2.05, 4.69) is 5.32 Å². The average Bonchev–Trinajstić information content (AvgIpc) is 3.08. The second kappa shape index (κ2) is 6.78. The van der Waals surface area contributed by atoms with Crippen molar-refractivity contribution in [1.29, 1.82) is 0 Å². The van der Waals surface area contributed by atoms with Crippen LogP contribution in [0, 0.1) is 0 Å². The molecule has 0 aromatic carbocycles. The molecule has 0 saturated heterocycles. The van der Waals surface area contributed by atoms with Crippen LogP contribution in [0.3, 0.4) is 0 Å². The molecule has 1 fully saturated rings. The van der Waals surface area contributed by atoms with E-state index in [0.717, 1.165) is 12.8 Å². The van der Waals surface area contributed by atoms with Crippen molar-refractivity contribution in [2.75, 3.05) is 33.2 Å². The summed E-state index contributed by atoms with van der Waals surface area (Å²) in [6, 6.07) is -0.536. The van der Waals surface area contributed by atoms with Crippen molar-refractivity contribution >= 4 is 12.0 Å². The van der Waals surface area contributed by atoms with Crippen molar-refractivity contribution in [3.8, 4) is 0 Å². The first-order valence-corrected chi connectivity index (χ1v) is 6.20. The molecule has 0 aromatic heterocycles. The zero-order chi connectivity index (χ0) is 15.3. The maximum Gasteiger partial charge on any atom is 0.406 e. The quantitative estimate of drug-likeness (QED) is 0.727. The molecule has 1 rings (SSSR count). The normalized spacial score (nSPS) is 15.2. The van der Waals surface area contributed by atoms with Crippen LogP contribution in [-0.2, 0) is 4.79 Å². The molecule has 0 bridgehead atoms. The first-order chi connectivity index (χ1) is 9.19. The molecule has 2 amide bonds. The van der Waals surface area contributed by atoms with E-state index in [1.807, 2.05) is 11.9 Å². The van der Waals surface area contributed by atoms with Crippen LogP contribution in [0.1, 0.15) is 12.8 Å². The number of amides is 2. The second-order valence-corrected chi connectivity index (χ2v) is 4.81. The van der Waals surface area contributed by atoms with Gasteiger partial charge in [0.05, 0.1) is 0 Å². The number of hydrogen-bond acceptors (Lipinski definition) is 3. The van der Waals surface area contributed by atoms with E-state index < -0.39 is 31.3 Å². The zero-order valence-electron chi connectivity index (χ0n) is 11.1. The van der Waals surface area contributed by atoms with Gasteiger partial charge in [-0.1, -0.05) is 0 Å². The summed E-state index contributed by atoms with van der Waals surface area (Å²) in [5.41, 5.74) is 0. The minimum absolute atomic E-state index is 0.180. The molecule has 6 nitrogen and oxygen atoms in total. The Morgan fingerprint density at radius 1 is 1.35 bits per heavy atom. The summed E-state index contributed by atoms with van der Waals surface area (Å²) in [6.45, 7) is -1.86. The highest BCUT2D eigenvalue weighted by Crippen LogP contribution is 2.24. The molecule has 1 saturated carbocycles. The molecular weight excluding hydrogens is 279 g/mol. The van der Waals surface area contributed by atoms with Crippen LogP contribution in [0.15, 0.2) is 0 Å². The average molecular weight is 297 g/mol. The molecule has 0 unspecified atom stereocenters. The number of nitrogens with zero attached hydrogens (tertiary/aromatic N) is 2. The molecule has 1 aliphatic rings. The fraction of sp³-hybridized carbons (Fsp3) is 0.818. The molecule has 0 atom stereocenters. The Morgan fingerprint density at radius 3 is 2.40 bits per heavy atom. The van der Waals surface area contributed by atoms with E-state index in [1.54, 1.807) is 0 Å². The molecule has 116 valence electrons. The molecule has 0 heterocycles. The topological polar surface area (TPSA) is 72.9 Å². The van der Waals surface area contributed by atoms with E-state index in [0.29, 0.717) is 12.6 Å². The van der Waals surface area contributed by atoms with Crippen LogP contribution >= 0.6 is 0 Å². The number of carboxylic acids is 1. The Labute approximate surface area is 114 Å². The molecule has 9 heteroatoms. The first-order valence-electron chi connectivity index (χ1n) is 6.20. The van der Waals surface area contributed by atoms with Gasteiger partial charge < -0.3 is 20.2 Å². The lowest BCUT2D eigenvalue weighted by atomic mass is 10.4. The van der Waals surface area contributed by atoms with Crippen molar-refractivity contribution in [2.24, 2.45) is 0 Å². The van der Waals surface area contributed by atoms with Crippen molar-refractivity contribution < 1.29 is 27.9 Å². The van der Waals surface area contributed by atoms with Gasteiger partial charge >= 0.3 is 18.2 Å². The molecule has 2 N–H and O–H groups in total. The number of alkyl halides is 3. The van der Waals surface area contributed by atoms with Crippen molar-refractivity contribution in [3.63, 3.8) is 0 Å². The second-order valence-electron chi connectivity index (χ2n) is 4.81. The molecule has 0 spiro atoms. The number of likely N-dealkylation sites (N-methyl/N-ethyl adjacent to an activating group) is 1. The smallest absolute Gasteiger partial charge is 0.406 e. The molecular formula is C11H18F3N3O3. The zero-order valence-corrected chi connectivity index (χ0v) is 11.1. The van der Waals surface area contributed by atoms with Crippen LogP contribution in [0.25, 0.3) is 0 Å². The van der Waals surface area contributed by atoms with Gasteiger partial charge in [-0.2, -0.15) is 13.2 Å². The van der Waals surface area contributed by atoms with Gasteiger partial charge in [0.25, 0.3) is 0 Å². The molecule has 0 aromatic rings. The number of halogens is 3. The minimum Gasteiger partial charge on any atom is -0.480 e. The maximum absolute atomic E-state index is 12.3. The summed E-state index contributed by atoms with van der Waals surface area (Å²) in [5, 5.41) is 10.8. The Kier molecular flexibility index (Phi) is 5.61. The number of carboxylic acid groups (broad SMARTS) is 1. The third-order valence-corrected chi connectivity index (χ3v) is 2.89. The number of carbonyl (C=O) groups is 2. The molecule has 0 radical (unpaired) electrons. The lowest BCUT2D eigenvalue weighted by Gasteiger charge is -2.23. The van der Waals surface area contributed by atoms with Crippen LogP contribution in [0.4, 0.5) is 18.0 Å². The standard InChI is InChI=1S/C11H18F3N3O3/c1-16(8-2-3-8)5-4-15-10(20)17(6-9(18)19)7-11(12,13)14/h8H,2-7H2,1H3,(H,15,20)(H,18,19).